The lowest BCUT2D eigenvalue weighted by Gasteiger charge is -2.16. The lowest BCUT2D eigenvalue weighted by Crippen LogP contribution is -2.31. The zero-order valence-corrected chi connectivity index (χ0v) is 10.7. The predicted molar refractivity (Wildman–Crippen MR) is 66.2 cm³/mol. The molecule has 1 rings (SSSR count). The molecule has 0 saturated heterocycles. The number of nitrogens with zero attached hydrogens (tertiary/aromatic N) is 1. The second kappa shape index (κ2) is 6.47. The number of carbonyl (C=O) groups excluding carboxylic acids is 1. The molecule has 0 saturated carbocycles. The number of ether oxygens (including phenoxy) is 1. The quantitative estimate of drug-likeness (QED) is 0.873. The maximum atomic E-state index is 11.5. The fourth-order valence-electron chi connectivity index (χ4n) is 1.24. The fourth-order valence-corrected chi connectivity index (χ4v) is 1.43. The third-order valence-corrected chi connectivity index (χ3v) is 2.68. The first kappa shape index (κ1) is 13.8. The summed E-state index contributed by atoms with van der Waals surface area (Å²) >= 11 is 5.79. The molecule has 0 fully saturated rings. The van der Waals surface area contributed by atoms with Gasteiger partial charge in [-0.1, -0.05) is 11.6 Å². The van der Waals surface area contributed by atoms with Crippen LogP contribution in [-0.4, -0.2) is 36.1 Å². The van der Waals surface area contributed by atoms with E-state index in [1.165, 1.54) is 0 Å². The minimum atomic E-state index is -0.173. The van der Waals surface area contributed by atoms with Crippen LogP contribution in [0.3, 0.4) is 0 Å². The molecule has 94 valence electrons. The third-order valence-electron chi connectivity index (χ3n) is 2.44. The molecule has 4 nitrogen and oxygen atoms in total. The van der Waals surface area contributed by atoms with E-state index in [9.17, 15) is 4.79 Å². The molecule has 0 heterocycles. The van der Waals surface area contributed by atoms with Crippen molar-refractivity contribution in [1.82, 2.24) is 4.90 Å². The van der Waals surface area contributed by atoms with E-state index in [-0.39, 0.29) is 19.1 Å². The summed E-state index contributed by atoms with van der Waals surface area (Å²) in [6.07, 6.45) is 0. The number of hydrogen-bond donors (Lipinski definition) is 1. The number of halogens is 1. The van der Waals surface area contributed by atoms with Gasteiger partial charge in [-0.25, -0.2) is 0 Å². The molecule has 5 heteroatoms. The van der Waals surface area contributed by atoms with Crippen molar-refractivity contribution in [3.05, 3.63) is 28.8 Å². The van der Waals surface area contributed by atoms with Crippen LogP contribution in [0.25, 0.3) is 0 Å². The highest BCUT2D eigenvalue weighted by Gasteiger charge is 2.09. The normalized spacial score (nSPS) is 10.1. The van der Waals surface area contributed by atoms with E-state index in [0.717, 1.165) is 0 Å². The van der Waals surface area contributed by atoms with Crippen LogP contribution in [-0.2, 0) is 11.4 Å². The van der Waals surface area contributed by atoms with Gasteiger partial charge in [0, 0.05) is 24.2 Å². The van der Waals surface area contributed by atoms with E-state index in [0.29, 0.717) is 22.9 Å². The average molecular weight is 258 g/mol. The standard InChI is InChI=1S/C12H16ClNO3/c1-3-14(2)12(16)8-17-11-5-4-10(13)6-9(11)7-15/h4-6,15H,3,7-8H2,1-2H3. The lowest BCUT2D eigenvalue weighted by molar-refractivity contribution is -0.131. The van der Waals surface area contributed by atoms with Gasteiger partial charge < -0.3 is 14.7 Å². The van der Waals surface area contributed by atoms with Gasteiger partial charge in [-0.3, -0.25) is 4.79 Å². The van der Waals surface area contributed by atoms with Crippen LogP contribution in [0.5, 0.6) is 5.75 Å². The molecule has 1 amide bonds. The zero-order valence-electron chi connectivity index (χ0n) is 9.94. The van der Waals surface area contributed by atoms with Gasteiger partial charge in [0.1, 0.15) is 5.75 Å². The summed E-state index contributed by atoms with van der Waals surface area (Å²) in [4.78, 5) is 13.1. The van der Waals surface area contributed by atoms with Crippen LogP contribution >= 0.6 is 11.6 Å². The molecule has 0 unspecified atom stereocenters. The molecule has 0 bridgehead atoms. The Kier molecular flexibility index (Phi) is 5.25. The van der Waals surface area contributed by atoms with Crippen molar-refractivity contribution < 1.29 is 14.6 Å². The van der Waals surface area contributed by atoms with Gasteiger partial charge in [0.05, 0.1) is 6.61 Å². The van der Waals surface area contributed by atoms with Gasteiger partial charge in [-0.2, -0.15) is 0 Å². The van der Waals surface area contributed by atoms with Crippen LogP contribution in [0.15, 0.2) is 18.2 Å². The smallest absolute Gasteiger partial charge is 0.260 e. The molecule has 1 aromatic rings. The van der Waals surface area contributed by atoms with Crippen LogP contribution in [0.2, 0.25) is 5.02 Å². The summed E-state index contributed by atoms with van der Waals surface area (Å²) in [5.74, 6) is 0.376. The molecule has 1 N–H and O–H groups in total. The SMILES string of the molecule is CCN(C)C(=O)COc1ccc(Cl)cc1CO. The molecule has 0 radical (unpaired) electrons. The van der Waals surface area contributed by atoms with E-state index >= 15 is 0 Å². The van der Waals surface area contributed by atoms with Crippen LogP contribution in [0.4, 0.5) is 0 Å². The van der Waals surface area contributed by atoms with E-state index in [4.69, 9.17) is 21.4 Å². The number of hydrogen-bond acceptors (Lipinski definition) is 3. The summed E-state index contributed by atoms with van der Waals surface area (Å²) < 4.78 is 5.36. The Morgan fingerprint density at radius 3 is 2.82 bits per heavy atom. The largest absolute Gasteiger partial charge is 0.483 e. The van der Waals surface area contributed by atoms with Crippen molar-refractivity contribution in [2.45, 2.75) is 13.5 Å². The predicted octanol–water partition coefficient (Wildman–Crippen LogP) is 1.69. The number of carbonyl (C=O) groups is 1. The number of amides is 1. The first-order valence-corrected chi connectivity index (χ1v) is 5.72. The van der Waals surface area contributed by atoms with Crippen molar-refractivity contribution in [2.75, 3.05) is 20.2 Å². The second-order valence-electron chi connectivity index (χ2n) is 3.61. The van der Waals surface area contributed by atoms with E-state index in [2.05, 4.69) is 0 Å². The van der Waals surface area contributed by atoms with E-state index in [1.54, 1.807) is 30.1 Å². The topological polar surface area (TPSA) is 49.8 Å². The molecule has 0 aliphatic rings. The zero-order chi connectivity index (χ0) is 12.8. The molecular formula is C12H16ClNO3. The van der Waals surface area contributed by atoms with Gasteiger partial charge in [0.25, 0.3) is 5.91 Å². The highest BCUT2D eigenvalue weighted by Crippen LogP contribution is 2.22. The number of benzene rings is 1. The van der Waals surface area contributed by atoms with Gasteiger partial charge in [0.15, 0.2) is 6.61 Å². The Morgan fingerprint density at radius 2 is 2.24 bits per heavy atom. The van der Waals surface area contributed by atoms with Crippen molar-refractivity contribution >= 4 is 17.5 Å². The lowest BCUT2D eigenvalue weighted by atomic mass is 10.2. The van der Waals surface area contributed by atoms with Gasteiger partial charge in [-0.15, -0.1) is 0 Å². The highest BCUT2D eigenvalue weighted by atomic mass is 35.5. The van der Waals surface area contributed by atoms with Gasteiger partial charge in [0.2, 0.25) is 0 Å². The summed E-state index contributed by atoms with van der Waals surface area (Å²) in [5.41, 5.74) is 0.574. The van der Waals surface area contributed by atoms with Crippen LogP contribution in [0.1, 0.15) is 12.5 Å². The first-order valence-electron chi connectivity index (χ1n) is 5.34. The Hall–Kier alpha value is -1.26. The Balaban J connectivity index is 2.66. The molecular weight excluding hydrogens is 242 g/mol. The second-order valence-corrected chi connectivity index (χ2v) is 4.04. The van der Waals surface area contributed by atoms with Crippen molar-refractivity contribution in [3.63, 3.8) is 0 Å². The Bertz CT molecular complexity index is 395. The van der Waals surface area contributed by atoms with E-state index < -0.39 is 0 Å². The molecule has 0 spiro atoms. The molecule has 17 heavy (non-hydrogen) atoms. The number of likely N-dealkylation sites (N-methyl/N-ethyl adjacent to an activating group) is 1. The number of aliphatic hydroxyl groups is 1. The summed E-state index contributed by atoms with van der Waals surface area (Å²) in [6.45, 7) is 2.31. The minimum Gasteiger partial charge on any atom is -0.483 e. The molecule has 0 aliphatic heterocycles. The molecule has 1 aromatic carbocycles. The molecule has 0 atom stereocenters. The number of rotatable bonds is 5. The van der Waals surface area contributed by atoms with Gasteiger partial charge in [-0.05, 0) is 25.1 Å². The van der Waals surface area contributed by atoms with Crippen molar-refractivity contribution in [1.29, 1.82) is 0 Å². The van der Waals surface area contributed by atoms with Crippen LogP contribution < -0.4 is 4.74 Å². The van der Waals surface area contributed by atoms with E-state index in [1.807, 2.05) is 6.92 Å². The van der Waals surface area contributed by atoms with Crippen molar-refractivity contribution in [3.8, 4) is 5.75 Å². The monoisotopic (exact) mass is 257 g/mol. The summed E-state index contributed by atoms with van der Waals surface area (Å²) in [7, 11) is 1.71. The fraction of sp³-hybridized carbons (Fsp3) is 0.417. The minimum absolute atomic E-state index is 0.0427. The molecule has 0 aromatic heterocycles. The summed E-state index contributed by atoms with van der Waals surface area (Å²) in [6, 6.07) is 4.92. The molecule has 0 aliphatic carbocycles. The number of aliphatic hydroxyl groups excluding tert-OH is 1. The Morgan fingerprint density at radius 1 is 1.53 bits per heavy atom. The van der Waals surface area contributed by atoms with Crippen molar-refractivity contribution in [2.24, 2.45) is 0 Å². The summed E-state index contributed by atoms with van der Waals surface area (Å²) in [5, 5.41) is 9.66. The van der Waals surface area contributed by atoms with Gasteiger partial charge >= 0.3 is 0 Å². The maximum Gasteiger partial charge on any atom is 0.260 e. The maximum absolute atomic E-state index is 11.5. The average Bonchev–Trinajstić information content (AvgIpc) is 2.35. The highest BCUT2D eigenvalue weighted by molar-refractivity contribution is 6.30. The Labute approximate surface area is 106 Å². The van der Waals surface area contributed by atoms with Crippen LogP contribution in [0, 0.1) is 0 Å². The third kappa shape index (κ3) is 3.91. The first-order chi connectivity index (χ1) is 8.08.